The number of ether oxygens (including phenoxy) is 1. The number of amides is 1. The molecule has 2 rings (SSSR count). The fourth-order valence-electron chi connectivity index (χ4n) is 2.09. The summed E-state index contributed by atoms with van der Waals surface area (Å²) in [6.45, 7) is 8.14. The predicted molar refractivity (Wildman–Crippen MR) is 137 cm³/mol. The number of benzene rings is 2. The Balaban J connectivity index is 0.000000503. The second-order valence-corrected chi connectivity index (χ2v) is 8.33. The maximum absolute atomic E-state index is 11.4. The number of aryl methyl sites for hydroxylation is 2. The average Bonchev–Trinajstić information content (AvgIpc) is 2.60. The van der Waals surface area contributed by atoms with Gasteiger partial charge in [0.15, 0.2) is 0 Å². The number of nitrogens with one attached hydrogen (secondary N) is 1. The zero-order chi connectivity index (χ0) is 23.8. The van der Waals surface area contributed by atoms with Crippen molar-refractivity contribution in [3.63, 3.8) is 0 Å². The van der Waals surface area contributed by atoms with Gasteiger partial charge in [-0.2, -0.15) is 0 Å². The van der Waals surface area contributed by atoms with Crippen LogP contribution in [-0.4, -0.2) is 17.8 Å². The summed E-state index contributed by atoms with van der Waals surface area (Å²) in [5.41, 5.74) is 9.36. The molecule has 0 radical (unpaired) electrons. The van der Waals surface area contributed by atoms with Gasteiger partial charge in [0.1, 0.15) is 0 Å². The molecule has 0 aliphatic rings. The third-order valence-electron chi connectivity index (χ3n) is 3.15. The molecule has 31 heavy (non-hydrogen) atoms. The van der Waals surface area contributed by atoms with Crippen molar-refractivity contribution in [1.29, 1.82) is 0 Å². The molecule has 0 unspecified atom stereocenters. The summed E-state index contributed by atoms with van der Waals surface area (Å²) >= 11 is 11.6. The van der Waals surface area contributed by atoms with E-state index in [1.807, 2.05) is 57.2 Å². The van der Waals surface area contributed by atoms with Crippen LogP contribution in [0.15, 0.2) is 69.8 Å². The molecule has 0 bridgehead atoms. The molecule has 3 N–H and O–H groups in total. The molecular formula is C23H27Br2ClN2O3. The van der Waals surface area contributed by atoms with Crippen LogP contribution in [0.1, 0.15) is 25.0 Å². The van der Waals surface area contributed by atoms with E-state index in [2.05, 4.69) is 37.2 Å². The molecule has 0 saturated carbocycles. The van der Waals surface area contributed by atoms with Crippen LogP contribution in [0.5, 0.6) is 0 Å². The lowest BCUT2D eigenvalue weighted by molar-refractivity contribution is -0.112. The van der Waals surface area contributed by atoms with Gasteiger partial charge in [0.05, 0.1) is 12.9 Å². The molecular weight excluding hydrogens is 548 g/mol. The van der Waals surface area contributed by atoms with Crippen molar-refractivity contribution in [2.45, 2.75) is 27.7 Å². The number of hydrogen-bond acceptors (Lipinski definition) is 4. The largest absolute Gasteiger partial charge is 0.501 e. The van der Waals surface area contributed by atoms with E-state index in [0.29, 0.717) is 6.61 Å². The van der Waals surface area contributed by atoms with Crippen LogP contribution in [0, 0.1) is 13.8 Å². The van der Waals surface area contributed by atoms with E-state index < -0.39 is 5.24 Å². The molecule has 0 heterocycles. The quantitative estimate of drug-likeness (QED) is 0.176. The van der Waals surface area contributed by atoms with Crippen molar-refractivity contribution < 1.29 is 14.3 Å². The minimum atomic E-state index is -0.419. The first-order chi connectivity index (χ1) is 14.6. The number of nitrogens with two attached hydrogens (primary N) is 1. The molecule has 0 aliphatic heterocycles. The minimum Gasteiger partial charge on any atom is -0.501 e. The Morgan fingerprint density at radius 1 is 1.03 bits per heavy atom. The maximum atomic E-state index is 11.4. The first-order valence-corrected chi connectivity index (χ1v) is 11.2. The van der Waals surface area contributed by atoms with Gasteiger partial charge in [-0.1, -0.05) is 37.9 Å². The van der Waals surface area contributed by atoms with Crippen molar-refractivity contribution >= 4 is 66.0 Å². The Morgan fingerprint density at radius 2 is 1.61 bits per heavy atom. The van der Waals surface area contributed by atoms with Crippen LogP contribution in [-0.2, 0) is 14.3 Å². The first kappa shape index (κ1) is 28.9. The number of halogens is 3. The second kappa shape index (κ2) is 16.6. The van der Waals surface area contributed by atoms with E-state index >= 15 is 0 Å². The Kier molecular flexibility index (Phi) is 15.5. The van der Waals surface area contributed by atoms with Crippen LogP contribution in [0.3, 0.4) is 0 Å². The molecule has 0 aromatic heterocycles. The Labute approximate surface area is 206 Å². The van der Waals surface area contributed by atoms with Crippen molar-refractivity contribution in [2.24, 2.45) is 0 Å². The molecule has 0 atom stereocenters. The summed E-state index contributed by atoms with van der Waals surface area (Å²) < 4.78 is 6.92. The standard InChI is InChI=1S/C12H14BrNO2.C7H8BrN.C4H5ClO/c1-3-16-5-4-12(15)14-11-7-9(2)6-10(13)8-11;1-5-2-6(8)4-7(9)3-5;1-2-3-4(5)6/h4-8H,3H2,1-2H3,(H,14,15);2-4H,9H2,1H3;2-3H,1H3/b5-4+;;3-2+. The van der Waals surface area contributed by atoms with E-state index in [1.54, 1.807) is 13.0 Å². The third kappa shape index (κ3) is 16.3. The van der Waals surface area contributed by atoms with Gasteiger partial charge in [-0.3, -0.25) is 9.59 Å². The zero-order valence-electron chi connectivity index (χ0n) is 17.9. The van der Waals surface area contributed by atoms with Gasteiger partial charge >= 0.3 is 0 Å². The topological polar surface area (TPSA) is 81.4 Å². The average molecular weight is 575 g/mol. The molecule has 8 heteroatoms. The molecule has 0 spiro atoms. The Hall–Kier alpha value is -2.09. The van der Waals surface area contributed by atoms with Crippen LogP contribution in [0.4, 0.5) is 11.4 Å². The Bertz CT molecular complexity index is 845. The van der Waals surface area contributed by atoms with Crippen LogP contribution < -0.4 is 11.1 Å². The molecule has 1 amide bonds. The summed E-state index contributed by atoms with van der Waals surface area (Å²) in [6, 6.07) is 11.6. The molecule has 0 fully saturated rings. The van der Waals surface area contributed by atoms with Gasteiger partial charge in [-0.25, -0.2) is 0 Å². The minimum absolute atomic E-state index is 0.203. The van der Waals surface area contributed by atoms with Gasteiger partial charge in [-0.15, -0.1) is 0 Å². The summed E-state index contributed by atoms with van der Waals surface area (Å²) in [6.07, 6.45) is 5.64. The lowest BCUT2D eigenvalue weighted by Crippen LogP contribution is -2.08. The lowest BCUT2D eigenvalue weighted by Gasteiger charge is -2.04. The summed E-state index contributed by atoms with van der Waals surface area (Å²) in [5.74, 6) is -0.203. The van der Waals surface area contributed by atoms with Gasteiger partial charge in [-0.05, 0) is 92.9 Å². The van der Waals surface area contributed by atoms with E-state index in [0.717, 1.165) is 25.9 Å². The lowest BCUT2D eigenvalue weighted by atomic mass is 10.2. The number of nitrogen functional groups attached to an aromatic ring is 1. The highest BCUT2D eigenvalue weighted by Gasteiger charge is 2.00. The maximum Gasteiger partial charge on any atom is 0.251 e. The van der Waals surface area contributed by atoms with Crippen molar-refractivity contribution in [3.05, 3.63) is 81.0 Å². The highest BCUT2D eigenvalue weighted by Crippen LogP contribution is 2.19. The first-order valence-electron chi connectivity index (χ1n) is 9.28. The SMILES string of the molecule is C/C=C/C(=O)Cl.CCO/C=C/C(=O)Nc1cc(C)cc(Br)c1.Cc1cc(N)cc(Br)c1. The Morgan fingerprint density at radius 3 is 2.03 bits per heavy atom. The fourth-order valence-corrected chi connectivity index (χ4v) is 3.45. The van der Waals surface area contributed by atoms with Gasteiger partial charge < -0.3 is 15.8 Å². The van der Waals surface area contributed by atoms with Crippen LogP contribution in [0.2, 0.25) is 0 Å². The zero-order valence-corrected chi connectivity index (χ0v) is 21.8. The molecule has 2 aromatic carbocycles. The number of rotatable bonds is 5. The number of allylic oxidation sites excluding steroid dienone is 2. The highest BCUT2D eigenvalue weighted by molar-refractivity contribution is 9.10. The number of carbonyl (C=O) groups excluding carboxylic acids is 2. The van der Waals surface area contributed by atoms with Crippen molar-refractivity contribution in [3.8, 4) is 0 Å². The number of hydrogen-bond donors (Lipinski definition) is 2. The molecule has 0 aliphatic carbocycles. The van der Waals surface area contributed by atoms with Crippen LogP contribution in [0.25, 0.3) is 0 Å². The summed E-state index contributed by atoms with van der Waals surface area (Å²) in [4.78, 5) is 21.1. The van der Waals surface area contributed by atoms with Gasteiger partial charge in [0, 0.05) is 26.4 Å². The number of anilines is 2. The van der Waals surface area contributed by atoms with Gasteiger partial charge in [0.2, 0.25) is 5.24 Å². The summed E-state index contributed by atoms with van der Waals surface area (Å²) in [7, 11) is 0. The molecule has 5 nitrogen and oxygen atoms in total. The van der Waals surface area contributed by atoms with E-state index in [9.17, 15) is 9.59 Å². The molecule has 168 valence electrons. The fraction of sp³-hybridized carbons (Fsp3) is 0.217. The van der Waals surface area contributed by atoms with Crippen molar-refractivity contribution in [1.82, 2.24) is 0 Å². The predicted octanol–water partition coefficient (Wildman–Crippen LogP) is 6.91. The van der Waals surface area contributed by atoms with E-state index in [1.165, 1.54) is 24.0 Å². The second-order valence-electron chi connectivity index (χ2n) is 6.13. The van der Waals surface area contributed by atoms with Crippen molar-refractivity contribution in [2.75, 3.05) is 17.7 Å². The summed E-state index contributed by atoms with van der Waals surface area (Å²) in [5, 5.41) is 2.33. The van der Waals surface area contributed by atoms with Crippen LogP contribution >= 0.6 is 43.5 Å². The van der Waals surface area contributed by atoms with Gasteiger partial charge in [0.25, 0.3) is 5.91 Å². The molecule has 2 aromatic rings. The van der Waals surface area contributed by atoms with E-state index in [-0.39, 0.29) is 5.91 Å². The number of carbonyl (C=O) groups is 2. The van der Waals surface area contributed by atoms with E-state index in [4.69, 9.17) is 22.1 Å². The third-order valence-corrected chi connectivity index (χ3v) is 4.20. The highest BCUT2D eigenvalue weighted by atomic mass is 79.9. The normalized spacial score (nSPS) is 10.0. The monoisotopic (exact) mass is 572 g/mol. The molecule has 0 saturated heterocycles. The smallest absolute Gasteiger partial charge is 0.251 e.